The van der Waals surface area contributed by atoms with E-state index in [0.29, 0.717) is 0 Å². The summed E-state index contributed by atoms with van der Waals surface area (Å²) in [6.45, 7) is 0.906. The average molecular weight is 208 g/mol. The second-order valence-corrected chi connectivity index (χ2v) is 4.21. The summed E-state index contributed by atoms with van der Waals surface area (Å²) < 4.78 is 0. The molecular formula is C15H14N. The normalized spacial score (nSPS) is 14.0. The predicted molar refractivity (Wildman–Crippen MR) is 66.5 cm³/mol. The molecule has 0 amide bonds. The topological polar surface area (TPSA) is 12.0 Å². The van der Waals surface area contributed by atoms with Gasteiger partial charge in [-0.15, -0.1) is 0 Å². The first kappa shape index (κ1) is 9.46. The van der Waals surface area contributed by atoms with Crippen LogP contribution in [-0.2, 0) is 19.4 Å². The monoisotopic (exact) mass is 208 g/mol. The third-order valence-corrected chi connectivity index (χ3v) is 3.20. The van der Waals surface area contributed by atoms with Crippen LogP contribution in [0.15, 0.2) is 42.5 Å². The van der Waals surface area contributed by atoms with Crippen molar-refractivity contribution >= 4 is 5.69 Å². The molecule has 0 fully saturated rings. The van der Waals surface area contributed by atoms with E-state index in [1.807, 2.05) is 6.07 Å². The zero-order valence-electron chi connectivity index (χ0n) is 9.16. The molecule has 0 saturated carbocycles. The molecule has 1 heteroatoms. The van der Waals surface area contributed by atoms with Crippen molar-refractivity contribution in [3.63, 3.8) is 0 Å². The van der Waals surface area contributed by atoms with Gasteiger partial charge in [-0.05, 0) is 47.7 Å². The lowest BCUT2D eigenvalue weighted by Crippen LogP contribution is -2.09. The molecule has 1 nitrogen and oxygen atoms in total. The van der Waals surface area contributed by atoms with Gasteiger partial charge < -0.3 is 5.32 Å². The molecule has 1 N–H and O–H groups in total. The predicted octanol–water partition coefficient (Wildman–Crippen LogP) is 3.20. The van der Waals surface area contributed by atoms with E-state index in [2.05, 4.69) is 47.8 Å². The Morgan fingerprint density at radius 1 is 0.938 bits per heavy atom. The van der Waals surface area contributed by atoms with Crippen LogP contribution in [0.3, 0.4) is 0 Å². The number of benzene rings is 2. The van der Waals surface area contributed by atoms with Gasteiger partial charge in [-0.25, -0.2) is 0 Å². The molecule has 79 valence electrons. The number of hydrogen-bond acceptors (Lipinski definition) is 1. The summed E-state index contributed by atoms with van der Waals surface area (Å²) in [7, 11) is 0. The van der Waals surface area contributed by atoms with Gasteiger partial charge in [0.1, 0.15) is 0 Å². The Hall–Kier alpha value is -1.76. The van der Waals surface area contributed by atoms with Crippen LogP contribution in [-0.4, -0.2) is 0 Å². The lowest BCUT2D eigenvalue weighted by molar-refractivity contribution is 0.911. The van der Waals surface area contributed by atoms with Gasteiger partial charge in [0.15, 0.2) is 0 Å². The first-order chi connectivity index (χ1) is 7.93. The number of rotatable bonds is 0. The summed E-state index contributed by atoms with van der Waals surface area (Å²) in [6.07, 6.45) is 2.24. The largest absolute Gasteiger partial charge is 0.381 e. The van der Waals surface area contributed by atoms with Crippen LogP contribution < -0.4 is 5.32 Å². The number of anilines is 1. The standard InChI is InChI=1S/C15H14N/c1-2-7-14-11-16-15-8-4-3-6-13(15)10-9-12(14)5-1/h1,3-8,16H,9-11H2. The van der Waals surface area contributed by atoms with E-state index in [4.69, 9.17) is 0 Å². The minimum absolute atomic E-state index is 0.906. The van der Waals surface area contributed by atoms with E-state index >= 15 is 0 Å². The summed E-state index contributed by atoms with van der Waals surface area (Å²) >= 11 is 0. The van der Waals surface area contributed by atoms with Crippen LogP contribution >= 0.6 is 0 Å². The third-order valence-electron chi connectivity index (χ3n) is 3.20. The molecule has 1 radical (unpaired) electrons. The van der Waals surface area contributed by atoms with Gasteiger partial charge in [-0.3, -0.25) is 0 Å². The maximum atomic E-state index is 3.50. The number of para-hydroxylation sites is 1. The fourth-order valence-corrected chi connectivity index (χ4v) is 2.28. The Labute approximate surface area is 96.1 Å². The maximum Gasteiger partial charge on any atom is 0.0403 e. The molecule has 2 aromatic rings. The molecule has 2 aromatic carbocycles. The van der Waals surface area contributed by atoms with Gasteiger partial charge in [0.25, 0.3) is 0 Å². The molecule has 3 rings (SSSR count). The van der Waals surface area contributed by atoms with Crippen molar-refractivity contribution in [2.45, 2.75) is 19.4 Å². The highest BCUT2D eigenvalue weighted by Gasteiger charge is 2.09. The minimum atomic E-state index is 0.906. The number of fused-ring (bicyclic) bond motifs is 2. The van der Waals surface area contributed by atoms with Crippen molar-refractivity contribution < 1.29 is 0 Å². The molecule has 0 unspecified atom stereocenters. The summed E-state index contributed by atoms with van der Waals surface area (Å²) in [6, 6.07) is 18.0. The van der Waals surface area contributed by atoms with Crippen molar-refractivity contribution in [1.82, 2.24) is 0 Å². The summed E-state index contributed by atoms with van der Waals surface area (Å²) in [5.41, 5.74) is 5.51. The summed E-state index contributed by atoms with van der Waals surface area (Å²) in [5, 5.41) is 3.50. The lowest BCUT2D eigenvalue weighted by Gasteiger charge is -2.18. The van der Waals surface area contributed by atoms with Gasteiger partial charge in [0.05, 0.1) is 0 Å². The highest BCUT2D eigenvalue weighted by molar-refractivity contribution is 5.53. The Bertz CT molecular complexity index is 409. The van der Waals surface area contributed by atoms with Crippen LogP contribution in [0.2, 0.25) is 0 Å². The molecule has 0 aliphatic carbocycles. The molecular weight excluding hydrogens is 194 g/mol. The molecule has 16 heavy (non-hydrogen) atoms. The highest BCUT2D eigenvalue weighted by Crippen LogP contribution is 2.22. The van der Waals surface area contributed by atoms with Crippen LogP contribution in [0, 0.1) is 6.07 Å². The van der Waals surface area contributed by atoms with Crippen molar-refractivity contribution in [2.24, 2.45) is 0 Å². The van der Waals surface area contributed by atoms with Gasteiger partial charge >= 0.3 is 0 Å². The SMILES string of the molecule is [c]1ccc2c(c1)CNc1ccccc1CC2. The van der Waals surface area contributed by atoms with Crippen LogP contribution in [0.4, 0.5) is 5.69 Å². The minimum Gasteiger partial charge on any atom is -0.381 e. The van der Waals surface area contributed by atoms with E-state index in [0.717, 1.165) is 19.4 Å². The zero-order valence-corrected chi connectivity index (χ0v) is 9.16. The Balaban J connectivity index is 1.97. The second kappa shape index (κ2) is 4.01. The number of aryl methyl sites for hydroxylation is 2. The molecule has 1 heterocycles. The Morgan fingerprint density at radius 2 is 1.81 bits per heavy atom. The number of hydrogen-bond donors (Lipinski definition) is 1. The molecule has 0 saturated heterocycles. The van der Waals surface area contributed by atoms with E-state index in [1.165, 1.54) is 22.4 Å². The van der Waals surface area contributed by atoms with Gasteiger partial charge in [-0.2, -0.15) is 0 Å². The lowest BCUT2D eigenvalue weighted by atomic mass is 9.97. The van der Waals surface area contributed by atoms with Crippen LogP contribution in [0.25, 0.3) is 0 Å². The van der Waals surface area contributed by atoms with Crippen LogP contribution in [0.5, 0.6) is 0 Å². The molecule has 1 aliphatic heterocycles. The Kier molecular flexibility index (Phi) is 2.37. The fraction of sp³-hybridized carbons (Fsp3) is 0.200. The first-order valence-corrected chi connectivity index (χ1v) is 5.73. The van der Waals surface area contributed by atoms with Crippen molar-refractivity contribution in [3.8, 4) is 0 Å². The fourth-order valence-electron chi connectivity index (χ4n) is 2.28. The quantitative estimate of drug-likeness (QED) is 0.701. The average Bonchev–Trinajstić information content (AvgIpc) is 2.32. The number of nitrogens with one attached hydrogen (secondary N) is 1. The maximum absolute atomic E-state index is 3.50. The second-order valence-electron chi connectivity index (χ2n) is 4.21. The van der Waals surface area contributed by atoms with Crippen LogP contribution in [0.1, 0.15) is 16.7 Å². The van der Waals surface area contributed by atoms with E-state index in [9.17, 15) is 0 Å². The van der Waals surface area contributed by atoms with E-state index in [1.54, 1.807) is 0 Å². The van der Waals surface area contributed by atoms with Crippen molar-refractivity contribution in [1.29, 1.82) is 0 Å². The van der Waals surface area contributed by atoms with Gasteiger partial charge in [0, 0.05) is 12.2 Å². The molecule has 1 aliphatic rings. The third kappa shape index (κ3) is 1.69. The summed E-state index contributed by atoms with van der Waals surface area (Å²) in [4.78, 5) is 0. The highest BCUT2D eigenvalue weighted by atomic mass is 14.9. The zero-order chi connectivity index (χ0) is 10.8. The molecule has 0 atom stereocenters. The van der Waals surface area contributed by atoms with E-state index < -0.39 is 0 Å². The van der Waals surface area contributed by atoms with E-state index in [-0.39, 0.29) is 0 Å². The molecule has 0 spiro atoms. The Morgan fingerprint density at radius 3 is 2.81 bits per heavy atom. The molecule has 0 bridgehead atoms. The smallest absolute Gasteiger partial charge is 0.0403 e. The van der Waals surface area contributed by atoms with Gasteiger partial charge in [0.2, 0.25) is 0 Å². The first-order valence-electron chi connectivity index (χ1n) is 5.73. The van der Waals surface area contributed by atoms with Crippen molar-refractivity contribution in [2.75, 3.05) is 5.32 Å². The van der Waals surface area contributed by atoms with Gasteiger partial charge in [-0.1, -0.05) is 30.3 Å². The van der Waals surface area contributed by atoms with Crippen molar-refractivity contribution in [3.05, 3.63) is 65.2 Å². The summed E-state index contributed by atoms with van der Waals surface area (Å²) in [5.74, 6) is 0. The molecule has 0 aromatic heterocycles.